The van der Waals surface area contributed by atoms with Gasteiger partial charge in [-0.25, -0.2) is 4.98 Å². The molecule has 0 bridgehead atoms. The van der Waals surface area contributed by atoms with Gasteiger partial charge in [-0.1, -0.05) is 12.6 Å². The van der Waals surface area contributed by atoms with E-state index in [9.17, 15) is 0 Å². The van der Waals surface area contributed by atoms with Crippen molar-refractivity contribution in [2.24, 2.45) is 11.3 Å². The Morgan fingerprint density at radius 2 is 2.25 bits per heavy atom. The largest absolute Gasteiger partial charge is 0.377 e. The smallest absolute Gasteiger partial charge is 0.138 e. The molecule has 24 heavy (non-hydrogen) atoms. The van der Waals surface area contributed by atoms with Gasteiger partial charge in [-0.3, -0.25) is 0 Å². The molecule has 2 unspecified atom stereocenters. The predicted molar refractivity (Wildman–Crippen MR) is 97.9 cm³/mol. The van der Waals surface area contributed by atoms with Gasteiger partial charge >= 0.3 is 0 Å². The summed E-state index contributed by atoms with van der Waals surface area (Å²) in [6.45, 7) is 13.3. The zero-order valence-electron chi connectivity index (χ0n) is 15.3. The van der Waals surface area contributed by atoms with Gasteiger partial charge in [-0.15, -0.1) is 0 Å². The maximum Gasteiger partial charge on any atom is 0.138 e. The van der Waals surface area contributed by atoms with Crippen molar-refractivity contribution in [3.05, 3.63) is 48.2 Å². The number of pyridine rings is 1. The van der Waals surface area contributed by atoms with Crippen LogP contribution in [0.15, 0.2) is 36.8 Å². The zero-order chi connectivity index (χ0) is 17.1. The highest BCUT2D eigenvalue weighted by Crippen LogP contribution is 2.60. The quantitative estimate of drug-likeness (QED) is 0.936. The van der Waals surface area contributed by atoms with Gasteiger partial charge in [0, 0.05) is 24.4 Å². The van der Waals surface area contributed by atoms with Gasteiger partial charge in [0.1, 0.15) is 5.82 Å². The van der Waals surface area contributed by atoms with Crippen LogP contribution in [-0.4, -0.2) is 34.4 Å². The molecule has 2 aliphatic rings. The highest BCUT2D eigenvalue weighted by Gasteiger charge is 2.58. The van der Waals surface area contributed by atoms with E-state index < -0.39 is 0 Å². The Labute approximate surface area is 144 Å². The minimum Gasteiger partial charge on any atom is -0.377 e. The molecule has 1 aliphatic heterocycles. The standard InChI is InChI=1S/C20H28N4/c1-14-7-6-9-24-17(14)12-21-18(24)19(3,4)22-15(2)16-11-20(16)8-10-23(5)13-20/h6-7,9,12,16,22H,2,8,10-11,13H2,1,3-5H3. The van der Waals surface area contributed by atoms with Crippen LogP contribution >= 0.6 is 0 Å². The molecule has 1 saturated heterocycles. The highest BCUT2D eigenvalue weighted by molar-refractivity contribution is 5.53. The van der Waals surface area contributed by atoms with Crippen LogP contribution in [-0.2, 0) is 5.54 Å². The number of nitrogens with zero attached hydrogens (tertiary/aromatic N) is 3. The average Bonchev–Trinajstić information content (AvgIpc) is 2.85. The summed E-state index contributed by atoms with van der Waals surface area (Å²) in [7, 11) is 2.23. The van der Waals surface area contributed by atoms with Crippen molar-refractivity contribution in [1.82, 2.24) is 19.6 Å². The first-order chi connectivity index (χ1) is 11.3. The van der Waals surface area contributed by atoms with E-state index in [1.54, 1.807) is 0 Å². The van der Waals surface area contributed by atoms with E-state index in [0.29, 0.717) is 11.3 Å². The summed E-state index contributed by atoms with van der Waals surface area (Å²) in [5.74, 6) is 1.65. The van der Waals surface area contributed by atoms with Crippen molar-refractivity contribution in [1.29, 1.82) is 0 Å². The van der Waals surface area contributed by atoms with E-state index in [4.69, 9.17) is 4.98 Å². The van der Waals surface area contributed by atoms with Crippen molar-refractivity contribution in [3.8, 4) is 0 Å². The van der Waals surface area contributed by atoms with Crippen LogP contribution in [0.25, 0.3) is 5.52 Å². The number of aryl methyl sites for hydroxylation is 1. The number of fused-ring (bicyclic) bond motifs is 1. The summed E-state index contributed by atoms with van der Waals surface area (Å²) in [6.07, 6.45) is 6.66. The lowest BCUT2D eigenvalue weighted by Gasteiger charge is -2.28. The topological polar surface area (TPSA) is 32.6 Å². The van der Waals surface area contributed by atoms with Crippen molar-refractivity contribution in [2.45, 2.75) is 39.2 Å². The Balaban J connectivity index is 1.55. The Kier molecular flexibility index (Phi) is 3.33. The molecule has 4 rings (SSSR count). The summed E-state index contributed by atoms with van der Waals surface area (Å²) in [5, 5.41) is 3.70. The van der Waals surface area contributed by atoms with Gasteiger partial charge in [0.05, 0.1) is 17.3 Å². The van der Waals surface area contributed by atoms with Crippen molar-refractivity contribution in [2.75, 3.05) is 20.1 Å². The first-order valence-electron chi connectivity index (χ1n) is 8.91. The molecule has 2 aromatic heterocycles. The molecule has 1 aliphatic carbocycles. The molecule has 1 saturated carbocycles. The number of rotatable bonds is 4. The van der Waals surface area contributed by atoms with Crippen molar-refractivity contribution in [3.63, 3.8) is 0 Å². The maximum absolute atomic E-state index is 4.71. The minimum absolute atomic E-state index is 0.244. The second-order valence-corrected chi connectivity index (χ2v) is 8.41. The van der Waals surface area contributed by atoms with Gasteiger partial charge < -0.3 is 14.6 Å². The summed E-state index contributed by atoms with van der Waals surface area (Å²) in [6, 6.07) is 4.22. The minimum atomic E-state index is -0.244. The molecule has 128 valence electrons. The fourth-order valence-electron chi connectivity index (χ4n) is 4.57. The second kappa shape index (κ2) is 5.09. The monoisotopic (exact) mass is 324 g/mol. The molecule has 3 heterocycles. The molecule has 1 spiro atoms. The van der Waals surface area contributed by atoms with E-state index in [1.165, 1.54) is 42.7 Å². The number of likely N-dealkylation sites (tertiary alicyclic amines) is 1. The Morgan fingerprint density at radius 1 is 1.46 bits per heavy atom. The van der Waals surface area contributed by atoms with E-state index in [2.05, 4.69) is 67.3 Å². The van der Waals surface area contributed by atoms with E-state index >= 15 is 0 Å². The first kappa shape index (κ1) is 15.7. The molecule has 0 radical (unpaired) electrons. The van der Waals surface area contributed by atoms with E-state index in [-0.39, 0.29) is 5.54 Å². The molecule has 4 heteroatoms. The summed E-state index contributed by atoms with van der Waals surface area (Å²) < 4.78 is 2.20. The Bertz CT molecular complexity index is 803. The number of allylic oxidation sites excluding steroid dienone is 1. The number of hydrogen-bond donors (Lipinski definition) is 1. The molecule has 0 amide bonds. The normalized spacial score (nSPS) is 27.1. The molecule has 4 nitrogen and oxygen atoms in total. The molecular weight excluding hydrogens is 296 g/mol. The SMILES string of the molecule is C=C(NC(C)(C)c1ncc2c(C)cccn12)C1CC12CCN(C)C2. The van der Waals surface area contributed by atoms with Gasteiger partial charge in [-0.05, 0) is 64.3 Å². The molecule has 0 aromatic carbocycles. The van der Waals surface area contributed by atoms with Crippen molar-refractivity contribution < 1.29 is 0 Å². The van der Waals surface area contributed by atoms with Gasteiger partial charge in [-0.2, -0.15) is 0 Å². The lowest BCUT2D eigenvalue weighted by atomic mass is 9.99. The number of aromatic nitrogens is 2. The fraction of sp³-hybridized carbons (Fsp3) is 0.550. The molecule has 1 N–H and O–H groups in total. The summed E-state index contributed by atoms with van der Waals surface area (Å²) in [5.41, 5.74) is 3.85. The van der Waals surface area contributed by atoms with Crippen LogP contribution in [0.4, 0.5) is 0 Å². The molecular formula is C20H28N4. The highest BCUT2D eigenvalue weighted by atomic mass is 15.2. The van der Waals surface area contributed by atoms with Crippen LogP contribution < -0.4 is 5.32 Å². The van der Waals surface area contributed by atoms with Gasteiger partial charge in [0.2, 0.25) is 0 Å². The zero-order valence-corrected chi connectivity index (χ0v) is 15.3. The van der Waals surface area contributed by atoms with Crippen LogP contribution in [0.2, 0.25) is 0 Å². The Hall–Kier alpha value is -1.81. The lowest BCUT2D eigenvalue weighted by Crippen LogP contribution is -2.38. The summed E-state index contributed by atoms with van der Waals surface area (Å²) in [4.78, 5) is 7.16. The third kappa shape index (κ3) is 2.35. The van der Waals surface area contributed by atoms with Gasteiger partial charge in [0.15, 0.2) is 0 Å². The molecule has 2 aromatic rings. The van der Waals surface area contributed by atoms with E-state index in [1.807, 2.05) is 6.20 Å². The van der Waals surface area contributed by atoms with Crippen LogP contribution in [0.1, 0.15) is 38.1 Å². The average molecular weight is 324 g/mol. The van der Waals surface area contributed by atoms with Gasteiger partial charge in [0.25, 0.3) is 0 Å². The Morgan fingerprint density at radius 3 is 2.96 bits per heavy atom. The van der Waals surface area contributed by atoms with Crippen LogP contribution in [0.3, 0.4) is 0 Å². The first-order valence-corrected chi connectivity index (χ1v) is 8.91. The maximum atomic E-state index is 4.71. The third-order valence-corrected chi connectivity index (χ3v) is 6.00. The van der Waals surface area contributed by atoms with E-state index in [0.717, 1.165) is 5.82 Å². The van der Waals surface area contributed by atoms with Crippen LogP contribution in [0.5, 0.6) is 0 Å². The number of imidazole rings is 1. The summed E-state index contributed by atoms with van der Waals surface area (Å²) >= 11 is 0. The lowest BCUT2D eigenvalue weighted by molar-refractivity contribution is 0.367. The second-order valence-electron chi connectivity index (χ2n) is 8.41. The van der Waals surface area contributed by atoms with Crippen molar-refractivity contribution >= 4 is 5.52 Å². The molecule has 2 fully saturated rings. The third-order valence-electron chi connectivity index (χ3n) is 6.00. The molecule has 2 atom stereocenters. The predicted octanol–water partition coefficient (Wildman–Crippen LogP) is 3.32. The fourth-order valence-corrected chi connectivity index (χ4v) is 4.57. The number of nitrogens with one attached hydrogen (secondary N) is 1. The number of hydrogen-bond acceptors (Lipinski definition) is 3. The van der Waals surface area contributed by atoms with Crippen LogP contribution in [0, 0.1) is 18.3 Å².